The maximum absolute atomic E-state index is 12.9. The Morgan fingerprint density at radius 2 is 1.94 bits per heavy atom. The molecule has 7 heteroatoms. The van der Waals surface area contributed by atoms with Gasteiger partial charge in [-0.15, -0.1) is 0 Å². The van der Waals surface area contributed by atoms with Gasteiger partial charge in [-0.25, -0.2) is 4.79 Å². The van der Waals surface area contributed by atoms with Gasteiger partial charge in [0, 0.05) is 31.2 Å². The Morgan fingerprint density at radius 1 is 1.22 bits per heavy atom. The Kier molecular flexibility index (Phi) is 9.77. The third kappa shape index (κ3) is 7.07. The Labute approximate surface area is 194 Å². The van der Waals surface area contributed by atoms with E-state index in [9.17, 15) is 9.59 Å². The molecule has 0 saturated carbocycles. The number of hydrogen-bond donors (Lipinski definition) is 0. The molecule has 0 spiro atoms. The zero-order valence-electron chi connectivity index (χ0n) is 21.0. The Balaban J connectivity index is 2.20. The van der Waals surface area contributed by atoms with E-state index in [0.29, 0.717) is 18.4 Å². The zero-order valence-corrected chi connectivity index (χ0v) is 21.0. The quantitative estimate of drug-likeness (QED) is 0.350. The van der Waals surface area contributed by atoms with E-state index >= 15 is 0 Å². The lowest BCUT2D eigenvalue weighted by atomic mass is 9.92. The van der Waals surface area contributed by atoms with Gasteiger partial charge in [0.05, 0.1) is 32.8 Å². The molecule has 1 fully saturated rings. The molecule has 5 atom stereocenters. The van der Waals surface area contributed by atoms with Gasteiger partial charge in [-0.05, 0) is 19.3 Å². The summed E-state index contributed by atoms with van der Waals surface area (Å²) in [5.41, 5.74) is 0.587. The summed E-state index contributed by atoms with van der Waals surface area (Å²) in [6.07, 6.45) is 9.11. The van der Waals surface area contributed by atoms with E-state index in [1.807, 2.05) is 24.1 Å². The lowest BCUT2D eigenvalue weighted by molar-refractivity contribution is -0.873. The minimum atomic E-state index is -0.445. The van der Waals surface area contributed by atoms with Crippen LogP contribution in [0.3, 0.4) is 0 Å². The number of carbonyl (C=O) groups is 2. The van der Waals surface area contributed by atoms with Crippen LogP contribution < -0.4 is 0 Å². The highest BCUT2D eigenvalue weighted by Gasteiger charge is 2.47. The van der Waals surface area contributed by atoms with Gasteiger partial charge in [0.2, 0.25) is 0 Å². The van der Waals surface area contributed by atoms with E-state index in [1.54, 1.807) is 13.1 Å². The summed E-state index contributed by atoms with van der Waals surface area (Å²) >= 11 is 0. The van der Waals surface area contributed by atoms with Crippen molar-refractivity contribution in [2.24, 2.45) is 5.92 Å². The fourth-order valence-electron chi connectivity index (χ4n) is 4.42. The fraction of sp³-hybridized carbons (Fsp3) is 0.760. The second kappa shape index (κ2) is 11.8. The summed E-state index contributed by atoms with van der Waals surface area (Å²) in [6.45, 7) is 8.83. The normalized spacial score (nSPS) is 26.6. The van der Waals surface area contributed by atoms with Gasteiger partial charge in [0.15, 0.2) is 18.4 Å². The molecule has 0 amide bonds. The molecule has 0 bridgehead atoms. The highest BCUT2D eigenvalue weighted by atomic mass is 16.6. The van der Waals surface area contributed by atoms with Gasteiger partial charge in [0.25, 0.3) is 0 Å². The molecule has 2 rings (SSSR count). The van der Waals surface area contributed by atoms with Gasteiger partial charge in [-0.3, -0.25) is 4.79 Å². The van der Waals surface area contributed by atoms with Crippen LogP contribution in [0, 0.1) is 5.92 Å². The number of likely N-dealkylation sites (N-methyl/N-ethyl adjacent to an activating group) is 1. The Morgan fingerprint density at radius 3 is 2.50 bits per heavy atom. The van der Waals surface area contributed by atoms with E-state index in [1.165, 1.54) is 0 Å². The van der Waals surface area contributed by atoms with Gasteiger partial charge in [0.1, 0.15) is 6.54 Å². The zero-order chi connectivity index (χ0) is 23.9. The first-order valence-electron chi connectivity index (χ1n) is 12.1. The third-order valence-corrected chi connectivity index (χ3v) is 6.05. The molecule has 7 nitrogen and oxygen atoms in total. The summed E-state index contributed by atoms with van der Waals surface area (Å²) in [4.78, 5) is 27.0. The number of nitrogens with zero attached hydrogens (tertiary/aromatic N) is 2. The predicted molar refractivity (Wildman–Crippen MR) is 124 cm³/mol. The molecule has 0 radical (unpaired) electrons. The molecular weight excluding hydrogens is 408 g/mol. The molecule has 0 N–H and O–H groups in total. The molecular formula is C25H43N2O5+. The van der Waals surface area contributed by atoms with Crippen LogP contribution in [0.5, 0.6) is 0 Å². The average molecular weight is 452 g/mol. The number of quaternary nitrogens is 1. The minimum absolute atomic E-state index is 0.0258. The van der Waals surface area contributed by atoms with Crippen LogP contribution in [0.25, 0.3) is 0 Å². The number of hydrogen-bond acceptors (Lipinski definition) is 6. The van der Waals surface area contributed by atoms with E-state index < -0.39 is 6.23 Å². The lowest BCUT2D eigenvalue weighted by Gasteiger charge is -2.32. The van der Waals surface area contributed by atoms with Gasteiger partial charge >= 0.3 is 11.9 Å². The number of allylic oxidation sites excluding steroid dienone is 1. The summed E-state index contributed by atoms with van der Waals surface area (Å²) in [5.74, 6) is -0.393. The van der Waals surface area contributed by atoms with Crippen LogP contribution in [-0.4, -0.2) is 73.5 Å². The van der Waals surface area contributed by atoms with Crippen molar-refractivity contribution in [3.05, 3.63) is 24.0 Å². The molecule has 0 unspecified atom stereocenters. The topological polar surface area (TPSA) is 65.1 Å². The maximum Gasteiger partial charge on any atom is 0.336 e. The SMILES string of the molecule is CCC[C@H]1O[C@@H](N2C=CCC(C(=O)O[C@H](CC)C[N+](C)(C)C)=C2)[C@H](OC(=O)CC)[C@@H]1CC. The van der Waals surface area contributed by atoms with Crippen LogP contribution in [0.15, 0.2) is 24.0 Å². The minimum Gasteiger partial charge on any atom is -0.457 e. The fourth-order valence-corrected chi connectivity index (χ4v) is 4.42. The van der Waals surface area contributed by atoms with Gasteiger partial charge in [-0.1, -0.05) is 40.2 Å². The molecule has 2 heterocycles. The van der Waals surface area contributed by atoms with Crippen LogP contribution in [0.4, 0.5) is 0 Å². The molecule has 0 aromatic rings. The van der Waals surface area contributed by atoms with Crippen LogP contribution in [0.2, 0.25) is 0 Å². The van der Waals surface area contributed by atoms with Crippen molar-refractivity contribution in [1.82, 2.24) is 4.90 Å². The second-order valence-corrected chi connectivity index (χ2v) is 9.83. The first-order valence-corrected chi connectivity index (χ1v) is 12.1. The van der Waals surface area contributed by atoms with Crippen LogP contribution in [0.1, 0.15) is 66.2 Å². The average Bonchev–Trinajstić information content (AvgIpc) is 3.09. The Bertz CT molecular complexity index is 697. The summed E-state index contributed by atoms with van der Waals surface area (Å²) in [5, 5.41) is 0. The van der Waals surface area contributed by atoms with Crippen LogP contribution >= 0.6 is 0 Å². The van der Waals surface area contributed by atoms with Crippen molar-refractivity contribution < 1.29 is 28.3 Å². The van der Waals surface area contributed by atoms with Crippen molar-refractivity contribution >= 4 is 11.9 Å². The number of carbonyl (C=O) groups excluding carboxylic acids is 2. The van der Waals surface area contributed by atoms with Crippen molar-refractivity contribution in [3.8, 4) is 0 Å². The standard InChI is InChI=1S/C25H43N2O5/c1-8-13-21-20(10-3)23(32-22(28)11-4)24(31-21)26-15-12-14-18(16-26)25(29)30-19(9-2)17-27(5,6)7/h12,15-16,19-21,23-24H,8-11,13-14,17H2,1-7H3/q+1/t19-,20-,21-,23-,24-/m1/s1. The third-order valence-electron chi connectivity index (χ3n) is 6.05. The number of rotatable bonds is 11. The summed E-state index contributed by atoms with van der Waals surface area (Å²) < 4.78 is 18.8. The first kappa shape index (κ1) is 26.4. The van der Waals surface area contributed by atoms with Crippen molar-refractivity contribution in [2.75, 3.05) is 27.7 Å². The molecule has 0 aromatic heterocycles. The highest BCUT2D eigenvalue weighted by Crippen LogP contribution is 2.37. The summed E-state index contributed by atoms with van der Waals surface area (Å²) in [7, 11) is 6.27. The smallest absolute Gasteiger partial charge is 0.336 e. The number of esters is 2. The van der Waals surface area contributed by atoms with Gasteiger partial charge < -0.3 is 23.6 Å². The molecule has 2 aliphatic rings. The molecule has 0 aliphatic carbocycles. The van der Waals surface area contributed by atoms with Crippen LogP contribution in [-0.2, 0) is 23.8 Å². The van der Waals surface area contributed by atoms with E-state index in [4.69, 9.17) is 14.2 Å². The molecule has 0 aromatic carbocycles. The predicted octanol–water partition coefficient (Wildman–Crippen LogP) is 3.99. The second-order valence-electron chi connectivity index (χ2n) is 9.83. The van der Waals surface area contributed by atoms with Crippen molar-refractivity contribution in [2.45, 2.75) is 90.8 Å². The summed E-state index contributed by atoms with van der Waals surface area (Å²) in [6, 6.07) is 0. The van der Waals surface area contributed by atoms with E-state index in [0.717, 1.165) is 36.7 Å². The van der Waals surface area contributed by atoms with Crippen molar-refractivity contribution in [1.29, 1.82) is 0 Å². The monoisotopic (exact) mass is 451 g/mol. The van der Waals surface area contributed by atoms with E-state index in [-0.39, 0.29) is 36.2 Å². The first-order chi connectivity index (χ1) is 15.1. The Hall–Kier alpha value is -1.86. The van der Waals surface area contributed by atoms with E-state index in [2.05, 4.69) is 35.0 Å². The largest absolute Gasteiger partial charge is 0.457 e. The molecule has 182 valence electrons. The highest BCUT2D eigenvalue weighted by molar-refractivity contribution is 5.89. The maximum atomic E-state index is 12.9. The molecule has 32 heavy (non-hydrogen) atoms. The molecule has 2 aliphatic heterocycles. The lowest BCUT2D eigenvalue weighted by Crippen LogP contribution is -2.43. The number of ether oxygens (including phenoxy) is 3. The van der Waals surface area contributed by atoms with Gasteiger partial charge in [-0.2, -0.15) is 0 Å². The molecule has 1 saturated heterocycles. The van der Waals surface area contributed by atoms with Crippen molar-refractivity contribution in [3.63, 3.8) is 0 Å².